The van der Waals surface area contributed by atoms with E-state index in [2.05, 4.69) is 30.2 Å². The lowest BCUT2D eigenvalue weighted by molar-refractivity contribution is 0.0963. The van der Waals surface area contributed by atoms with E-state index in [1.807, 2.05) is 0 Å². The summed E-state index contributed by atoms with van der Waals surface area (Å²) >= 11 is 0. The first kappa shape index (κ1) is 18.1. The van der Waals surface area contributed by atoms with Crippen LogP contribution >= 0.6 is 0 Å². The lowest BCUT2D eigenvalue weighted by atomic mass is 9.65. The number of nitrogens with zero attached hydrogens (tertiary/aromatic N) is 5. The van der Waals surface area contributed by atoms with Gasteiger partial charge in [-0.05, 0) is 25.0 Å². The summed E-state index contributed by atoms with van der Waals surface area (Å²) in [6, 6.07) is 3.15. The third-order valence-electron chi connectivity index (χ3n) is 4.87. The second-order valence-electron chi connectivity index (χ2n) is 6.73. The molecule has 0 amide bonds. The van der Waals surface area contributed by atoms with E-state index in [1.165, 1.54) is 25.4 Å². The quantitative estimate of drug-likeness (QED) is 0.699. The Hall–Kier alpha value is -3.23. The maximum atomic E-state index is 14.2. The number of aromatic nitrogens is 5. The van der Waals surface area contributed by atoms with Crippen molar-refractivity contribution in [3.8, 4) is 17.1 Å². The highest BCUT2D eigenvalue weighted by Crippen LogP contribution is 2.45. The van der Waals surface area contributed by atoms with Crippen LogP contribution in [-0.4, -0.2) is 44.7 Å². The molecule has 0 unspecified atom stereocenters. The van der Waals surface area contributed by atoms with E-state index in [1.54, 1.807) is 24.8 Å². The van der Waals surface area contributed by atoms with Gasteiger partial charge in [-0.15, -0.1) is 0 Å². The van der Waals surface area contributed by atoms with Gasteiger partial charge in [-0.2, -0.15) is 0 Å². The van der Waals surface area contributed by atoms with Crippen molar-refractivity contribution in [2.75, 3.05) is 19.0 Å². The van der Waals surface area contributed by atoms with E-state index >= 15 is 0 Å². The van der Waals surface area contributed by atoms with Crippen LogP contribution in [0.1, 0.15) is 18.5 Å². The van der Waals surface area contributed by atoms with Gasteiger partial charge < -0.3 is 10.1 Å². The molecule has 1 aliphatic rings. The van der Waals surface area contributed by atoms with Crippen molar-refractivity contribution >= 4 is 5.95 Å². The van der Waals surface area contributed by atoms with E-state index in [4.69, 9.17) is 4.74 Å². The molecule has 0 aliphatic heterocycles. The topological polar surface area (TPSA) is 85.7 Å². The Morgan fingerprint density at radius 3 is 2.29 bits per heavy atom. The van der Waals surface area contributed by atoms with Crippen LogP contribution in [0.25, 0.3) is 11.1 Å². The summed E-state index contributed by atoms with van der Waals surface area (Å²) in [6.45, 7) is 0.298. The Kier molecular flexibility index (Phi) is 4.81. The molecule has 28 heavy (non-hydrogen) atoms. The number of ether oxygens (including phenoxy) is 1. The minimum atomic E-state index is -0.957. The van der Waals surface area contributed by atoms with Crippen molar-refractivity contribution in [3.63, 3.8) is 0 Å². The first-order chi connectivity index (χ1) is 13.6. The number of alkyl halides is 1. The molecule has 0 aromatic carbocycles. The lowest BCUT2D eigenvalue weighted by Crippen LogP contribution is -2.49. The van der Waals surface area contributed by atoms with Crippen LogP contribution in [0, 0.1) is 5.82 Å². The van der Waals surface area contributed by atoms with Gasteiger partial charge in [-0.25, -0.2) is 28.7 Å². The summed E-state index contributed by atoms with van der Waals surface area (Å²) in [7, 11) is 1.50. The van der Waals surface area contributed by atoms with Crippen molar-refractivity contribution in [1.82, 2.24) is 24.9 Å². The van der Waals surface area contributed by atoms with E-state index < -0.39 is 17.4 Å². The monoisotopic (exact) mass is 384 g/mol. The first-order valence-electron chi connectivity index (χ1n) is 8.77. The number of hydrogen-bond acceptors (Lipinski definition) is 7. The molecule has 1 N–H and O–H groups in total. The van der Waals surface area contributed by atoms with Gasteiger partial charge in [0.1, 0.15) is 12.0 Å². The average molecular weight is 384 g/mol. The lowest BCUT2D eigenvalue weighted by Gasteiger charge is -2.43. The zero-order valence-corrected chi connectivity index (χ0v) is 15.1. The fraction of sp³-hybridized carbons (Fsp3) is 0.316. The summed E-state index contributed by atoms with van der Waals surface area (Å²) in [4.78, 5) is 20.8. The molecule has 1 aliphatic carbocycles. The SMILES string of the molecule is COc1ncc(-c2cnc(NCC3(c4ncccc4F)CC(F)C3)nc2)cn1. The molecule has 0 saturated heterocycles. The van der Waals surface area contributed by atoms with Crippen LogP contribution in [0.3, 0.4) is 0 Å². The fourth-order valence-electron chi connectivity index (χ4n) is 3.37. The van der Waals surface area contributed by atoms with Crippen molar-refractivity contribution in [2.45, 2.75) is 24.4 Å². The number of pyridine rings is 1. The summed E-state index contributed by atoms with van der Waals surface area (Å²) in [5.41, 5.74) is 1.07. The Morgan fingerprint density at radius 1 is 1.07 bits per heavy atom. The number of rotatable bonds is 6. The summed E-state index contributed by atoms with van der Waals surface area (Å²) in [5.74, 6) is -0.0526. The Bertz CT molecular complexity index is 945. The van der Waals surface area contributed by atoms with E-state index in [0.717, 1.165) is 11.1 Å². The Morgan fingerprint density at radius 2 is 1.71 bits per heavy atom. The molecule has 3 aromatic heterocycles. The molecule has 0 radical (unpaired) electrons. The van der Waals surface area contributed by atoms with Crippen LogP contribution in [0.4, 0.5) is 14.7 Å². The minimum Gasteiger partial charge on any atom is -0.467 e. The average Bonchev–Trinajstić information content (AvgIpc) is 2.71. The Labute approximate surface area is 160 Å². The highest BCUT2D eigenvalue weighted by Gasteiger charge is 2.48. The zero-order valence-electron chi connectivity index (χ0n) is 15.1. The molecule has 0 atom stereocenters. The Balaban J connectivity index is 1.47. The van der Waals surface area contributed by atoms with Crippen LogP contribution < -0.4 is 10.1 Å². The highest BCUT2D eigenvalue weighted by molar-refractivity contribution is 5.59. The molecule has 1 fully saturated rings. The van der Waals surface area contributed by atoms with Crippen molar-refractivity contribution in [1.29, 1.82) is 0 Å². The second-order valence-corrected chi connectivity index (χ2v) is 6.73. The van der Waals surface area contributed by atoms with Gasteiger partial charge in [0, 0.05) is 54.1 Å². The normalized spacial score (nSPS) is 21.0. The minimum absolute atomic E-state index is 0.217. The third kappa shape index (κ3) is 3.47. The van der Waals surface area contributed by atoms with Gasteiger partial charge in [-0.1, -0.05) is 0 Å². The van der Waals surface area contributed by atoms with E-state index in [-0.39, 0.29) is 24.5 Å². The van der Waals surface area contributed by atoms with Crippen LogP contribution in [-0.2, 0) is 5.41 Å². The number of halogens is 2. The zero-order chi connectivity index (χ0) is 19.6. The first-order valence-corrected chi connectivity index (χ1v) is 8.77. The molecule has 7 nitrogen and oxygen atoms in total. The van der Waals surface area contributed by atoms with Crippen LogP contribution in [0.15, 0.2) is 43.1 Å². The van der Waals surface area contributed by atoms with Gasteiger partial charge in [0.05, 0.1) is 12.8 Å². The molecule has 144 valence electrons. The van der Waals surface area contributed by atoms with Gasteiger partial charge in [0.25, 0.3) is 0 Å². The largest absolute Gasteiger partial charge is 0.467 e. The van der Waals surface area contributed by atoms with Crippen molar-refractivity contribution in [3.05, 3.63) is 54.6 Å². The molecule has 3 heterocycles. The molecule has 0 spiro atoms. The molecule has 3 aromatic rings. The highest BCUT2D eigenvalue weighted by atomic mass is 19.1. The third-order valence-corrected chi connectivity index (χ3v) is 4.87. The molecule has 4 rings (SSSR count). The summed E-state index contributed by atoms with van der Waals surface area (Å²) in [6.07, 6.45) is 7.50. The molecule has 1 saturated carbocycles. The maximum absolute atomic E-state index is 14.2. The van der Waals surface area contributed by atoms with Gasteiger partial charge in [0.15, 0.2) is 0 Å². The smallest absolute Gasteiger partial charge is 0.316 e. The summed E-state index contributed by atoms with van der Waals surface area (Å²) in [5, 5.41) is 3.08. The van der Waals surface area contributed by atoms with Gasteiger partial charge in [0.2, 0.25) is 5.95 Å². The van der Waals surface area contributed by atoms with Crippen LogP contribution in [0.5, 0.6) is 6.01 Å². The molecular weight excluding hydrogens is 366 g/mol. The maximum Gasteiger partial charge on any atom is 0.316 e. The summed E-state index contributed by atoms with van der Waals surface area (Å²) < 4.78 is 32.7. The number of nitrogens with one attached hydrogen (secondary N) is 1. The second kappa shape index (κ2) is 7.41. The van der Waals surface area contributed by atoms with E-state index in [9.17, 15) is 8.78 Å². The number of hydrogen-bond donors (Lipinski definition) is 1. The van der Waals surface area contributed by atoms with Gasteiger partial charge >= 0.3 is 6.01 Å². The van der Waals surface area contributed by atoms with Gasteiger partial charge in [-0.3, -0.25) is 4.98 Å². The predicted molar refractivity (Wildman–Crippen MR) is 98.1 cm³/mol. The fourth-order valence-corrected chi connectivity index (χ4v) is 3.37. The van der Waals surface area contributed by atoms with Crippen LogP contribution in [0.2, 0.25) is 0 Å². The molecule has 9 heteroatoms. The predicted octanol–water partition coefficient (Wildman–Crippen LogP) is 2.96. The van der Waals surface area contributed by atoms with E-state index in [0.29, 0.717) is 12.5 Å². The van der Waals surface area contributed by atoms with Crippen molar-refractivity contribution in [2.24, 2.45) is 0 Å². The number of anilines is 1. The number of methoxy groups -OCH3 is 1. The van der Waals surface area contributed by atoms with Crippen molar-refractivity contribution < 1.29 is 13.5 Å². The molecular formula is C19H18F2N6O. The molecule has 0 bridgehead atoms. The standard InChI is InChI=1S/C19H18F2N6O/c1-28-18-25-9-13(10-26-18)12-7-23-17(24-8-12)27-11-19(5-14(20)6-19)16-15(21)3-2-4-22-16/h2-4,7-10,14H,5-6,11H2,1H3,(H,23,24,27).